The van der Waals surface area contributed by atoms with E-state index in [-0.39, 0.29) is 30.1 Å². The second-order valence-electron chi connectivity index (χ2n) is 4.93. The molecule has 0 aliphatic heterocycles. The Morgan fingerprint density at radius 2 is 2.18 bits per heavy atom. The third-order valence-electron chi connectivity index (χ3n) is 3.25. The van der Waals surface area contributed by atoms with E-state index in [1.54, 1.807) is 18.2 Å². The van der Waals surface area contributed by atoms with E-state index >= 15 is 0 Å². The molecule has 1 aromatic heterocycles. The van der Waals surface area contributed by atoms with Gasteiger partial charge in [0.1, 0.15) is 29.3 Å². The summed E-state index contributed by atoms with van der Waals surface area (Å²) < 4.78 is 10.5. The fourth-order valence-corrected chi connectivity index (χ4v) is 2.10. The molecular weight excluding hydrogens is 284 g/mol. The standard InChI is InChI=1S/C17H20O5/c1-2-3-4-5-6-14-16(19)13-8-7-12(21-10-9-18)11-15(13)22-17(14)20/h5-8,11,18-19H,2-4,9-10H2,1H3. The van der Waals surface area contributed by atoms with Crippen LogP contribution in [0.1, 0.15) is 31.7 Å². The van der Waals surface area contributed by atoms with Gasteiger partial charge >= 0.3 is 5.63 Å². The predicted octanol–water partition coefficient (Wildman–Crippen LogP) is 3.07. The van der Waals surface area contributed by atoms with E-state index in [2.05, 4.69) is 6.92 Å². The SMILES string of the molecule is CCCCC=Cc1c(O)c2ccc(OCCO)cc2oc1=O. The summed E-state index contributed by atoms with van der Waals surface area (Å²) >= 11 is 0. The monoisotopic (exact) mass is 304 g/mol. The molecule has 5 nitrogen and oxygen atoms in total. The molecule has 0 amide bonds. The van der Waals surface area contributed by atoms with Crippen LogP contribution in [-0.2, 0) is 0 Å². The van der Waals surface area contributed by atoms with E-state index in [0.29, 0.717) is 11.1 Å². The normalized spacial score (nSPS) is 11.4. The van der Waals surface area contributed by atoms with Crippen molar-refractivity contribution in [2.45, 2.75) is 26.2 Å². The molecule has 1 heterocycles. The Hall–Kier alpha value is -2.27. The molecular formula is C17H20O5. The minimum atomic E-state index is -0.586. The lowest BCUT2D eigenvalue weighted by molar-refractivity contribution is 0.201. The molecule has 0 aliphatic carbocycles. The Balaban J connectivity index is 2.37. The van der Waals surface area contributed by atoms with Gasteiger partial charge in [0.2, 0.25) is 0 Å². The van der Waals surface area contributed by atoms with Crippen LogP contribution in [-0.4, -0.2) is 23.4 Å². The molecule has 0 atom stereocenters. The van der Waals surface area contributed by atoms with Crippen molar-refractivity contribution in [3.8, 4) is 11.5 Å². The molecule has 0 radical (unpaired) electrons. The molecule has 1 aromatic carbocycles. The zero-order valence-electron chi connectivity index (χ0n) is 12.5. The lowest BCUT2D eigenvalue weighted by Gasteiger charge is -2.07. The average molecular weight is 304 g/mol. The maximum absolute atomic E-state index is 12.0. The molecule has 0 aliphatic rings. The number of hydrogen-bond donors (Lipinski definition) is 2. The van der Waals surface area contributed by atoms with Gasteiger partial charge in [-0.1, -0.05) is 25.8 Å². The Labute approximate surface area is 128 Å². The largest absolute Gasteiger partial charge is 0.506 e. The first kappa shape index (κ1) is 16.1. The van der Waals surface area contributed by atoms with Gasteiger partial charge in [0.05, 0.1) is 12.0 Å². The van der Waals surface area contributed by atoms with Crippen LogP contribution in [0, 0.1) is 0 Å². The Bertz CT molecular complexity index is 715. The maximum atomic E-state index is 12.0. The molecule has 2 aromatic rings. The number of aromatic hydroxyl groups is 1. The number of aliphatic hydroxyl groups is 1. The summed E-state index contributed by atoms with van der Waals surface area (Å²) in [5, 5.41) is 19.5. The zero-order valence-corrected chi connectivity index (χ0v) is 12.5. The van der Waals surface area contributed by atoms with Crippen LogP contribution >= 0.6 is 0 Å². The van der Waals surface area contributed by atoms with Crippen LogP contribution in [0.25, 0.3) is 17.0 Å². The van der Waals surface area contributed by atoms with Gasteiger partial charge in [0.25, 0.3) is 0 Å². The van der Waals surface area contributed by atoms with Crippen LogP contribution < -0.4 is 10.4 Å². The summed E-state index contributed by atoms with van der Waals surface area (Å²) in [4.78, 5) is 12.0. The highest BCUT2D eigenvalue weighted by Crippen LogP contribution is 2.29. The van der Waals surface area contributed by atoms with Crippen molar-refractivity contribution in [2.75, 3.05) is 13.2 Å². The second-order valence-corrected chi connectivity index (χ2v) is 4.93. The first-order chi connectivity index (χ1) is 10.7. The molecule has 5 heteroatoms. The molecule has 2 N–H and O–H groups in total. The molecule has 0 spiro atoms. The number of unbranched alkanes of at least 4 members (excludes halogenated alkanes) is 2. The van der Waals surface area contributed by atoms with Crippen molar-refractivity contribution >= 4 is 17.0 Å². The van der Waals surface area contributed by atoms with Crippen molar-refractivity contribution in [3.63, 3.8) is 0 Å². The quantitative estimate of drug-likeness (QED) is 0.607. The molecule has 0 saturated heterocycles. The Morgan fingerprint density at radius 1 is 1.36 bits per heavy atom. The number of aliphatic hydroxyl groups excluding tert-OH is 1. The van der Waals surface area contributed by atoms with Gasteiger partial charge < -0.3 is 19.4 Å². The van der Waals surface area contributed by atoms with Crippen LogP contribution in [0.4, 0.5) is 0 Å². The zero-order chi connectivity index (χ0) is 15.9. The lowest BCUT2D eigenvalue weighted by atomic mass is 10.1. The molecule has 0 unspecified atom stereocenters. The van der Waals surface area contributed by atoms with E-state index in [9.17, 15) is 9.90 Å². The third kappa shape index (κ3) is 3.68. The highest BCUT2D eigenvalue weighted by molar-refractivity contribution is 5.87. The van der Waals surface area contributed by atoms with Crippen molar-refractivity contribution < 1.29 is 19.4 Å². The van der Waals surface area contributed by atoms with Gasteiger partial charge in [-0.2, -0.15) is 0 Å². The van der Waals surface area contributed by atoms with Gasteiger partial charge in [-0.15, -0.1) is 0 Å². The first-order valence-corrected chi connectivity index (χ1v) is 7.37. The summed E-state index contributed by atoms with van der Waals surface area (Å²) in [5.74, 6) is 0.378. The summed E-state index contributed by atoms with van der Waals surface area (Å²) in [6.45, 7) is 2.14. The number of benzene rings is 1. The lowest BCUT2D eigenvalue weighted by Crippen LogP contribution is -2.04. The Kier molecular flexibility index (Phi) is 5.61. The summed E-state index contributed by atoms with van der Waals surface area (Å²) in [6, 6.07) is 4.81. The van der Waals surface area contributed by atoms with Gasteiger partial charge in [-0.3, -0.25) is 0 Å². The van der Waals surface area contributed by atoms with E-state index in [1.165, 1.54) is 6.07 Å². The van der Waals surface area contributed by atoms with Gasteiger partial charge in [0, 0.05) is 6.07 Å². The first-order valence-electron chi connectivity index (χ1n) is 7.37. The van der Waals surface area contributed by atoms with Crippen molar-refractivity contribution in [3.05, 3.63) is 40.3 Å². The fourth-order valence-electron chi connectivity index (χ4n) is 2.10. The molecule has 0 bridgehead atoms. The Morgan fingerprint density at radius 3 is 2.91 bits per heavy atom. The minimum absolute atomic E-state index is 0.0901. The highest BCUT2D eigenvalue weighted by atomic mass is 16.5. The smallest absolute Gasteiger partial charge is 0.347 e. The van der Waals surface area contributed by atoms with E-state index in [4.69, 9.17) is 14.3 Å². The van der Waals surface area contributed by atoms with Crippen LogP contribution in [0.5, 0.6) is 11.5 Å². The number of fused-ring (bicyclic) bond motifs is 1. The van der Waals surface area contributed by atoms with Crippen molar-refractivity contribution in [1.29, 1.82) is 0 Å². The van der Waals surface area contributed by atoms with Gasteiger partial charge in [-0.25, -0.2) is 4.79 Å². The van der Waals surface area contributed by atoms with Crippen molar-refractivity contribution in [1.82, 2.24) is 0 Å². The van der Waals surface area contributed by atoms with E-state index < -0.39 is 5.63 Å². The van der Waals surface area contributed by atoms with Gasteiger partial charge in [-0.05, 0) is 24.6 Å². The number of ether oxygens (including phenoxy) is 1. The van der Waals surface area contributed by atoms with Crippen molar-refractivity contribution in [2.24, 2.45) is 0 Å². The third-order valence-corrected chi connectivity index (χ3v) is 3.25. The van der Waals surface area contributed by atoms with Crippen LogP contribution in [0.3, 0.4) is 0 Å². The summed E-state index contributed by atoms with van der Waals surface area (Å²) in [5.41, 5.74) is -0.173. The van der Waals surface area contributed by atoms with Crippen LogP contribution in [0.2, 0.25) is 0 Å². The predicted molar refractivity (Wildman–Crippen MR) is 85.3 cm³/mol. The molecule has 0 fully saturated rings. The number of allylic oxidation sites excluding steroid dienone is 1. The number of hydrogen-bond acceptors (Lipinski definition) is 5. The van der Waals surface area contributed by atoms with E-state index in [0.717, 1.165) is 19.3 Å². The maximum Gasteiger partial charge on any atom is 0.347 e. The van der Waals surface area contributed by atoms with E-state index in [1.807, 2.05) is 6.08 Å². The average Bonchev–Trinajstić information content (AvgIpc) is 2.51. The van der Waals surface area contributed by atoms with Gasteiger partial charge in [0.15, 0.2) is 0 Å². The fraction of sp³-hybridized carbons (Fsp3) is 0.353. The molecule has 2 rings (SSSR count). The number of rotatable bonds is 7. The summed E-state index contributed by atoms with van der Waals surface area (Å²) in [6.07, 6.45) is 6.41. The molecule has 22 heavy (non-hydrogen) atoms. The second kappa shape index (κ2) is 7.66. The summed E-state index contributed by atoms with van der Waals surface area (Å²) in [7, 11) is 0. The van der Waals surface area contributed by atoms with Crippen LogP contribution in [0.15, 0.2) is 33.5 Å². The molecule has 0 saturated carbocycles. The highest BCUT2D eigenvalue weighted by Gasteiger charge is 2.12. The molecule has 118 valence electrons. The minimum Gasteiger partial charge on any atom is -0.506 e. The topological polar surface area (TPSA) is 79.9 Å².